The predicted octanol–water partition coefficient (Wildman–Crippen LogP) is 4.78. The normalized spacial score (nSPS) is 11.3. The number of carbonyl (C=O) groups excluding carboxylic acids is 1. The van der Waals surface area contributed by atoms with Gasteiger partial charge in [-0.1, -0.05) is 64.9 Å². The maximum Gasteiger partial charge on any atom is 0.305 e. The van der Waals surface area contributed by atoms with E-state index in [4.69, 9.17) is 56.8 Å². The molecule has 0 saturated heterocycles. The number of esters is 1. The number of ether oxygens (including phenoxy) is 12. The van der Waals surface area contributed by atoms with E-state index in [-0.39, 0.29) is 12.6 Å². The molecule has 0 aromatic rings. The summed E-state index contributed by atoms with van der Waals surface area (Å²) in [6, 6.07) is 0. The molecule has 292 valence electrons. The van der Waals surface area contributed by atoms with Gasteiger partial charge in [0.05, 0.1) is 138 Å². The Morgan fingerprint density at radius 1 is 0.388 bits per heavy atom. The van der Waals surface area contributed by atoms with Crippen LogP contribution in [0.1, 0.15) is 71.1 Å². The van der Waals surface area contributed by atoms with Crippen LogP contribution in [0.25, 0.3) is 0 Å². The summed E-state index contributed by atoms with van der Waals surface area (Å²) >= 11 is 0. The number of carbonyl (C=O) groups is 1. The van der Waals surface area contributed by atoms with Crippen molar-refractivity contribution in [2.24, 2.45) is 0 Å². The zero-order chi connectivity index (χ0) is 35.4. The smallest absolute Gasteiger partial charge is 0.305 e. The van der Waals surface area contributed by atoms with Crippen LogP contribution in [-0.2, 0) is 61.6 Å². The van der Waals surface area contributed by atoms with Crippen molar-refractivity contribution < 1.29 is 61.6 Å². The molecule has 0 spiro atoms. The van der Waals surface area contributed by atoms with Crippen molar-refractivity contribution >= 4 is 5.97 Å². The van der Waals surface area contributed by atoms with Gasteiger partial charge in [0.15, 0.2) is 0 Å². The highest BCUT2D eigenvalue weighted by atomic mass is 16.6. The molecule has 0 N–H and O–H groups in total. The quantitative estimate of drug-likeness (QED) is 0.0490. The largest absolute Gasteiger partial charge is 0.499 e. The molecule has 0 saturated carbocycles. The van der Waals surface area contributed by atoms with Gasteiger partial charge in [0.2, 0.25) is 0 Å². The van der Waals surface area contributed by atoms with Crippen LogP contribution in [-0.4, -0.2) is 151 Å². The molecule has 0 aliphatic heterocycles. The Balaban J connectivity index is 3.10. The first-order valence-corrected chi connectivity index (χ1v) is 18.5. The van der Waals surface area contributed by atoms with E-state index in [1.807, 2.05) is 0 Å². The second-order valence-electron chi connectivity index (χ2n) is 11.0. The molecule has 13 nitrogen and oxygen atoms in total. The predicted molar refractivity (Wildman–Crippen MR) is 187 cm³/mol. The van der Waals surface area contributed by atoms with Crippen molar-refractivity contribution in [2.45, 2.75) is 71.1 Å². The summed E-state index contributed by atoms with van der Waals surface area (Å²) in [7, 11) is 0. The van der Waals surface area contributed by atoms with E-state index in [0.717, 1.165) is 12.8 Å². The minimum Gasteiger partial charge on any atom is -0.499 e. The monoisotopic (exact) mass is 710 g/mol. The lowest BCUT2D eigenvalue weighted by molar-refractivity contribution is -0.145. The van der Waals surface area contributed by atoms with Gasteiger partial charge in [-0.2, -0.15) is 0 Å². The van der Waals surface area contributed by atoms with Gasteiger partial charge in [0.1, 0.15) is 13.2 Å². The van der Waals surface area contributed by atoms with Crippen LogP contribution in [0.5, 0.6) is 0 Å². The Hall–Kier alpha value is -1.39. The van der Waals surface area contributed by atoms with Crippen LogP contribution in [0, 0.1) is 0 Å². The molecule has 0 aliphatic rings. The average Bonchev–Trinajstić information content (AvgIpc) is 3.11. The molecule has 0 fully saturated rings. The summed E-state index contributed by atoms with van der Waals surface area (Å²) in [4.78, 5) is 11.8. The lowest BCUT2D eigenvalue weighted by Crippen LogP contribution is -2.15. The molecule has 13 heteroatoms. The summed E-state index contributed by atoms with van der Waals surface area (Å²) in [6.07, 6.45) is 13.0. The van der Waals surface area contributed by atoms with E-state index in [1.54, 1.807) is 0 Å². The molecule has 49 heavy (non-hydrogen) atoms. The van der Waals surface area contributed by atoms with Gasteiger partial charge in [-0.3, -0.25) is 4.79 Å². The van der Waals surface area contributed by atoms with E-state index in [1.165, 1.54) is 51.2 Å². The second-order valence-corrected chi connectivity index (χ2v) is 11.0. The summed E-state index contributed by atoms with van der Waals surface area (Å²) in [5, 5.41) is 0. The molecule has 0 heterocycles. The highest BCUT2D eigenvalue weighted by Crippen LogP contribution is 2.10. The molecule has 0 radical (unpaired) electrons. The molecule has 0 atom stereocenters. The van der Waals surface area contributed by atoms with Crippen LogP contribution in [0.15, 0.2) is 12.8 Å². The number of unbranched alkanes of at least 4 members (excludes halogenated alkanes) is 8. The molecule has 0 unspecified atom stereocenters. The number of hydrogen-bond donors (Lipinski definition) is 0. The number of hydrogen-bond acceptors (Lipinski definition) is 13. The van der Waals surface area contributed by atoms with E-state index >= 15 is 0 Å². The fraction of sp³-hybridized carbons (Fsp3) is 0.917. The lowest BCUT2D eigenvalue weighted by atomic mass is 10.1. The summed E-state index contributed by atoms with van der Waals surface area (Å²) < 4.78 is 64.6. The Kier molecular flexibility index (Phi) is 43.4. The fourth-order valence-corrected chi connectivity index (χ4v) is 4.14. The van der Waals surface area contributed by atoms with Gasteiger partial charge in [0.25, 0.3) is 0 Å². The van der Waals surface area contributed by atoms with Gasteiger partial charge in [-0.15, -0.1) is 0 Å². The summed E-state index contributed by atoms with van der Waals surface area (Å²) in [6.45, 7) is 16.4. The maximum absolute atomic E-state index is 11.8. The van der Waals surface area contributed by atoms with Crippen LogP contribution >= 0.6 is 0 Å². The van der Waals surface area contributed by atoms with Crippen molar-refractivity contribution in [1.82, 2.24) is 0 Å². The molecule has 0 aromatic carbocycles. The minimum absolute atomic E-state index is 0.137. The van der Waals surface area contributed by atoms with Crippen molar-refractivity contribution in [3.05, 3.63) is 12.8 Å². The second kappa shape index (κ2) is 44.6. The zero-order valence-corrected chi connectivity index (χ0v) is 30.7. The summed E-state index contributed by atoms with van der Waals surface area (Å²) in [5.74, 6) is -0.137. The Labute approximate surface area is 296 Å². The lowest BCUT2D eigenvalue weighted by Gasteiger charge is -2.09. The first kappa shape index (κ1) is 47.6. The molecule has 0 amide bonds. The van der Waals surface area contributed by atoms with Gasteiger partial charge in [-0.05, 0) is 6.42 Å². The van der Waals surface area contributed by atoms with Crippen LogP contribution < -0.4 is 0 Å². The molecular formula is C36H70O13. The first-order valence-electron chi connectivity index (χ1n) is 18.5. The van der Waals surface area contributed by atoms with Gasteiger partial charge in [0, 0.05) is 6.42 Å². The third-order valence-corrected chi connectivity index (χ3v) is 6.79. The summed E-state index contributed by atoms with van der Waals surface area (Å²) in [5.41, 5.74) is 0. The van der Waals surface area contributed by atoms with Crippen molar-refractivity contribution in [3.63, 3.8) is 0 Å². The maximum atomic E-state index is 11.8. The van der Waals surface area contributed by atoms with E-state index < -0.39 is 0 Å². The molecule has 0 rings (SSSR count). The SMILES string of the molecule is C=COCCOCCOCCOCCOCCOCCOCCOCCOCCOCCOCCOC(=O)CCCCCCCCCCC. The van der Waals surface area contributed by atoms with Crippen molar-refractivity contribution in [3.8, 4) is 0 Å². The standard InChI is InChI=1S/C36H70O13/c1-3-5-6-7-8-9-10-11-12-13-36(37)49-35-34-48-33-32-47-31-30-46-29-28-45-27-26-44-25-24-43-23-22-42-21-20-41-19-18-40-17-16-39-15-14-38-4-2/h4H,2-3,5-35H2,1H3. The van der Waals surface area contributed by atoms with Crippen LogP contribution in [0.2, 0.25) is 0 Å². The number of rotatable bonds is 44. The topological polar surface area (TPSA) is 128 Å². The van der Waals surface area contributed by atoms with Gasteiger partial charge >= 0.3 is 5.97 Å². The molecule has 0 aromatic heterocycles. The molecule has 0 bridgehead atoms. The van der Waals surface area contributed by atoms with Crippen molar-refractivity contribution in [2.75, 3.05) is 145 Å². The van der Waals surface area contributed by atoms with Crippen molar-refractivity contribution in [1.29, 1.82) is 0 Å². The van der Waals surface area contributed by atoms with Gasteiger partial charge in [-0.25, -0.2) is 0 Å². The third kappa shape index (κ3) is 44.6. The third-order valence-electron chi connectivity index (χ3n) is 6.79. The Morgan fingerprint density at radius 2 is 0.653 bits per heavy atom. The average molecular weight is 711 g/mol. The molecular weight excluding hydrogens is 640 g/mol. The Bertz CT molecular complexity index is 642. The zero-order valence-electron chi connectivity index (χ0n) is 30.7. The van der Waals surface area contributed by atoms with Crippen LogP contribution in [0.3, 0.4) is 0 Å². The van der Waals surface area contributed by atoms with Gasteiger partial charge < -0.3 is 56.8 Å². The van der Waals surface area contributed by atoms with E-state index in [2.05, 4.69) is 13.5 Å². The minimum atomic E-state index is -0.137. The highest BCUT2D eigenvalue weighted by molar-refractivity contribution is 5.69. The molecule has 0 aliphatic carbocycles. The Morgan fingerprint density at radius 3 is 0.959 bits per heavy atom. The first-order chi connectivity index (χ1) is 24.3. The van der Waals surface area contributed by atoms with Crippen LogP contribution in [0.4, 0.5) is 0 Å². The van der Waals surface area contributed by atoms with E-state index in [0.29, 0.717) is 145 Å². The fourth-order valence-electron chi connectivity index (χ4n) is 4.14. The van der Waals surface area contributed by atoms with E-state index in [9.17, 15) is 4.79 Å². The highest BCUT2D eigenvalue weighted by Gasteiger charge is 2.03.